The smallest absolute Gasteiger partial charge is 0.0133 e. The van der Waals surface area contributed by atoms with Gasteiger partial charge in [-0.1, -0.05) is 19.3 Å². The lowest BCUT2D eigenvalue weighted by Gasteiger charge is -2.23. The van der Waals surface area contributed by atoms with Gasteiger partial charge >= 0.3 is 0 Å². The minimum absolute atomic E-state index is 0.935. The summed E-state index contributed by atoms with van der Waals surface area (Å²) < 4.78 is 0. The van der Waals surface area contributed by atoms with Gasteiger partial charge in [0.2, 0.25) is 0 Å². The molecule has 0 bridgehead atoms. The van der Waals surface area contributed by atoms with E-state index in [1.54, 1.807) is 12.8 Å². The van der Waals surface area contributed by atoms with Crippen LogP contribution in [-0.2, 0) is 0 Å². The molecule has 0 heterocycles. The van der Waals surface area contributed by atoms with Crippen LogP contribution in [0, 0.1) is 23.7 Å². The second kappa shape index (κ2) is 2.75. The van der Waals surface area contributed by atoms with Gasteiger partial charge in [-0.2, -0.15) is 0 Å². The van der Waals surface area contributed by atoms with Gasteiger partial charge in [0.15, 0.2) is 0 Å². The summed E-state index contributed by atoms with van der Waals surface area (Å²) in [5.74, 6) is 4.45. The second-order valence-electron chi connectivity index (χ2n) is 6.15. The van der Waals surface area contributed by atoms with Crippen LogP contribution in [0.1, 0.15) is 44.9 Å². The van der Waals surface area contributed by atoms with Gasteiger partial charge in [-0.3, -0.25) is 0 Å². The van der Waals surface area contributed by atoms with E-state index in [4.69, 9.17) is 0 Å². The quantitative estimate of drug-likeness (QED) is 0.707. The number of hydrogen-bond acceptors (Lipinski definition) is 1. The van der Waals surface area contributed by atoms with Crippen LogP contribution in [0.25, 0.3) is 0 Å². The van der Waals surface area contributed by atoms with Crippen molar-refractivity contribution < 1.29 is 0 Å². The van der Waals surface area contributed by atoms with Crippen molar-refractivity contribution in [1.82, 2.24) is 5.32 Å². The van der Waals surface area contributed by atoms with Gasteiger partial charge in [0.1, 0.15) is 0 Å². The fraction of sp³-hybridized carbons (Fsp3) is 1.00. The number of fused-ring (bicyclic) bond motifs is 2. The summed E-state index contributed by atoms with van der Waals surface area (Å²) in [4.78, 5) is 0. The molecule has 4 fully saturated rings. The third kappa shape index (κ3) is 1.11. The maximum absolute atomic E-state index is 3.99. The Balaban J connectivity index is 1.37. The summed E-state index contributed by atoms with van der Waals surface area (Å²) in [5.41, 5.74) is 0. The highest BCUT2D eigenvalue weighted by molar-refractivity contribution is 5.10. The normalized spacial score (nSPS) is 59.1. The monoisotopic (exact) mass is 191 g/mol. The second-order valence-corrected chi connectivity index (χ2v) is 6.15. The topological polar surface area (TPSA) is 12.0 Å². The van der Waals surface area contributed by atoms with Gasteiger partial charge in [0.05, 0.1) is 0 Å². The van der Waals surface area contributed by atoms with Crippen molar-refractivity contribution in [3.8, 4) is 0 Å². The Morgan fingerprint density at radius 2 is 1.57 bits per heavy atom. The third-order valence-corrected chi connectivity index (χ3v) is 5.40. The standard InChI is InChI=1S/C13H21N/c1-3-8-7-11(8)12(6-1)14-13-9-4-2-5-10(9)13/h8-14H,1-7H2/t8-,9?,10?,11+,12?,13?/m0/s1. The first-order chi connectivity index (χ1) is 6.93. The van der Waals surface area contributed by atoms with Crippen LogP contribution in [0.2, 0.25) is 0 Å². The van der Waals surface area contributed by atoms with E-state index in [0.29, 0.717) is 0 Å². The van der Waals surface area contributed by atoms with Crippen molar-refractivity contribution in [3.63, 3.8) is 0 Å². The summed E-state index contributed by atoms with van der Waals surface area (Å²) in [7, 11) is 0. The maximum Gasteiger partial charge on any atom is 0.0133 e. The zero-order chi connectivity index (χ0) is 9.12. The molecule has 1 N–H and O–H groups in total. The Kier molecular flexibility index (Phi) is 1.60. The average Bonchev–Trinajstić information content (AvgIpc) is 3.05. The Hall–Kier alpha value is -0.0400. The van der Waals surface area contributed by atoms with E-state index in [1.807, 2.05) is 0 Å². The van der Waals surface area contributed by atoms with Crippen LogP contribution in [0.4, 0.5) is 0 Å². The minimum Gasteiger partial charge on any atom is -0.310 e. The van der Waals surface area contributed by atoms with E-state index >= 15 is 0 Å². The maximum atomic E-state index is 3.99. The fourth-order valence-electron chi connectivity index (χ4n) is 4.43. The van der Waals surface area contributed by atoms with Crippen LogP contribution >= 0.6 is 0 Å². The SMILES string of the molecule is C1CC2C(C1)C2NC1CCC[C@H]2C[C@@H]12. The molecule has 0 aliphatic heterocycles. The molecule has 1 nitrogen and oxygen atoms in total. The van der Waals surface area contributed by atoms with Crippen molar-refractivity contribution in [2.24, 2.45) is 23.7 Å². The Morgan fingerprint density at radius 1 is 0.786 bits per heavy atom. The van der Waals surface area contributed by atoms with Crippen molar-refractivity contribution in [3.05, 3.63) is 0 Å². The molecule has 0 amide bonds. The highest BCUT2D eigenvalue weighted by atomic mass is 15.0. The van der Waals surface area contributed by atoms with E-state index in [-0.39, 0.29) is 0 Å². The largest absolute Gasteiger partial charge is 0.310 e. The predicted octanol–water partition coefficient (Wildman–Crippen LogP) is 2.56. The molecule has 0 aromatic rings. The van der Waals surface area contributed by atoms with E-state index in [2.05, 4.69) is 5.32 Å². The first kappa shape index (κ1) is 8.15. The van der Waals surface area contributed by atoms with Crippen LogP contribution in [0.3, 0.4) is 0 Å². The third-order valence-electron chi connectivity index (χ3n) is 5.40. The number of nitrogens with one attached hydrogen (secondary N) is 1. The average molecular weight is 191 g/mol. The number of rotatable bonds is 2. The van der Waals surface area contributed by atoms with Crippen LogP contribution in [0.15, 0.2) is 0 Å². The lowest BCUT2D eigenvalue weighted by Crippen LogP contribution is -2.36. The molecule has 4 saturated carbocycles. The zero-order valence-electron chi connectivity index (χ0n) is 8.91. The first-order valence-electron chi connectivity index (χ1n) is 6.69. The number of hydrogen-bond donors (Lipinski definition) is 1. The Labute approximate surface area is 86.6 Å². The van der Waals surface area contributed by atoms with E-state index in [0.717, 1.165) is 35.8 Å². The molecule has 4 rings (SSSR count). The molecular weight excluding hydrogens is 170 g/mol. The molecule has 78 valence electrons. The first-order valence-corrected chi connectivity index (χ1v) is 6.69. The lowest BCUT2D eigenvalue weighted by atomic mass is 9.95. The molecule has 3 unspecified atom stereocenters. The highest BCUT2D eigenvalue weighted by Gasteiger charge is 2.55. The van der Waals surface area contributed by atoms with E-state index in [1.165, 1.54) is 32.1 Å². The van der Waals surface area contributed by atoms with Gasteiger partial charge in [-0.25, -0.2) is 0 Å². The molecule has 5 atom stereocenters. The zero-order valence-corrected chi connectivity index (χ0v) is 8.91. The molecule has 4 aliphatic rings. The van der Waals surface area contributed by atoms with Gasteiger partial charge in [-0.15, -0.1) is 0 Å². The molecular formula is C13H21N. The molecule has 4 aliphatic carbocycles. The molecule has 0 spiro atoms. The van der Waals surface area contributed by atoms with Crippen molar-refractivity contribution in [2.75, 3.05) is 0 Å². The van der Waals surface area contributed by atoms with Crippen LogP contribution in [-0.4, -0.2) is 12.1 Å². The van der Waals surface area contributed by atoms with Gasteiger partial charge in [-0.05, 0) is 49.4 Å². The summed E-state index contributed by atoms with van der Waals surface area (Å²) in [6, 6.07) is 1.90. The van der Waals surface area contributed by atoms with E-state index < -0.39 is 0 Å². The van der Waals surface area contributed by atoms with Crippen LogP contribution < -0.4 is 5.32 Å². The summed E-state index contributed by atoms with van der Waals surface area (Å²) in [6.07, 6.45) is 10.7. The molecule has 0 radical (unpaired) electrons. The lowest BCUT2D eigenvalue weighted by molar-refractivity contribution is 0.337. The molecule has 0 saturated heterocycles. The summed E-state index contributed by atoms with van der Waals surface area (Å²) >= 11 is 0. The van der Waals surface area contributed by atoms with Crippen molar-refractivity contribution in [1.29, 1.82) is 0 Å². The summed E-state index contributed by atoms with van der Waals surface area (Å²) in [6.45, 7) is 0. The fourth-order valence-corrected chi connectivity index (χ4v) is 4.43. The molecule has 14 heavy (non-hydrogen) atoms. The van der Waals surface area contributed by atoms with E-state index in [9.17, 15) is 0 Å². The summed E-state index contributed by atoms with van der Waals surface area (Å²) in [5, 5.41) is 3.99. The van der Waals surface area contributed by atoms with Gasteiger partial charge in [0, 0.05) is 12.1 Å². The van der Waals surface area contributed by atoms with Gasteiger partial charge in [0.25, 0.3) is 0 Å². The molecule has 0 aromatic heterocycles. The van der Waals surface area contributed by atoms with Crippen molar-refractivity contribution >= 4 is 0 Å². The Bertz CT molecular complexity index is 240. The highest BCUT2D eigenvalue weighted by Crippen LogP contribution is 2.55. The molecule has 1 heteroatoms. The van der Waals surface area contributed by atoms with Crippen molar-refractivity contribution in [2.45, 2.75) is 57.0 Å². The predicted molar refractivity (Wildman–Crippen MR) is 57.0 cm³/mol. The Morgan fingerprint density at radius 3 is 2.43 bits per heavy atom. The van der Waals surface area contributed by atoms with Crippen LogP contribution in [0.5, 0.6) is 0 Å². The molecule has 0 aromatic carbocycles. The minimum atomic E-state index is 0.935. The van der Waals surface area contributed by atoms with Gasteiger partial charge < -0.3 is 5.32 Å².